The van der Waals surface area contributed by atoms with Crippen molar-refractivity contribution in [2.24, 2.45) is 5.73 Å². The maximum absolute atomic E-state index is 12.1. The summed E-state index contributed by atoms with van der Waals surface area (Å²) in [5.41, 5.74) is 5.83. The summed E-state index contributed by atoms with van der Waals surface area (Å²) in [6.07, 6.45) is -0.0312. The normalized spacial score (nSPS) is 14.1. The number of amides is 3. The lowest BCUT2D eigenvalue weighted by molar-refractivity contribution is -0.152. The summed E-state index contributed by atoms with van der Waals surface area (Å²) >= 11 is 6.19. The smallest absolute Gasteiger partial charge is 0.312 e. The van der Waals surface area contributed by atoms with E-state index in [1.165, 1.54) is 0 Å². The first-order chi connectivity index (χ1) is 12.0. The van der Waals surface area contributed by atoms with Gasteiger partial charge in [0.2, 0.25) is 0 Å². The molecule has 0 aliphatic carbocycles. The van der Waals surface area contributed by atoms with Crippen LogP contribution in [-0.2, 0) is 14.3 Å². The van der Waals surface area contributed by atoms with Gasteiger partial charge in [-0.1, -0.05) is 23.7 Å². The van der Waals surface area contributed by atoms with Crippen LogP contribution in [0.5, 0.6) is 0 Å². The Morgan fingerprint density at radius 2 is 1.84 bits per heavy atom. The molecule has 0 bridgehead atoms. The number of ether oxygens (including phenoxy) is 1. The van der Waals surface area contributed by atoms with Crippen LogP contribution in [0.2, 0.25) is 5.02 Å². The van der Waals surface area contributed by atoms with Crippen LogP contribution >= 0.6 is 11.6 Å². The van der Waals surface area contributed by atoms with Gasteiger partial charge in [-0.15, -0.1) is 0 Å². The average Bonchev–Trinajstić information content (AvgIpc) is 2.60. The Bertz CT molecular complexity index is 632. The van der Waals surface area contributed by atoms with Gasteiger partial charge in [-0.05, 0) is 12.1 Å². The Balaban J connectivity index is 1.71. The van der Waals surface area contributed by atoms with Crippen molar-refractivity contribution in [1.29, 1.82) is 0 Å². The number of carbonyl (C=O) groups excluding carboxylic acids is 3. The molecule has 0 unspecified atom stereocenters. The number of primary amides is 1. The highest BCUT2D eigenvalue weighted by Crippen LogP contribution is 2.25. The number of benzene rings is 1. The third-order valence-corrected chi connectivity index (χ3v) is 4.13. The Hall–Kier alpha value is -2.48. The molecule has 1 heterocycles. The summed E-state index contributed by atoms with van der Waals surface area (Å²) < 4.78 is 4.91. The molecule has 9 heteroatoms. The van der Waals surface area contributed by atoms with Gasteiger partial charge in [0, 0.05) is 32.7 Å². The molecule has 0 saturated carbocycles. The lowest BCUT2D eigenvalue weighted by Crippen LogP contribution is -2.50. The lowest BCUT2D eigenvalue weighted by atomic mass is 10.2. The number of piperazine rings is 1. The molecule has 0 atom stereocenters. The molecule has 1 aliphatic rings. The second kappa shape index (κ2) is 9.12. The first-order valence-corrected chi connectivity index (χ1v) is 8.31. The molecule has 1 fully saturated rings. The maximum Gasteiger partial charge on any atom is 0.312 e. The highest BCUT2D eigenvalue weighted by Gasteiger charge is 2.23. The molecule has 25 heavy (non-hydrogen) atoms. The Morgan fingerprint density at radius 3 is 2.48 bits per heavy atom. The van der Waals surface area contributed by atoms with Crippen molar-refractivity contribution in [1.82, 2.24) is 10.2 Å². The zero-order valence-corrected chi connectivity index (χ0v) is 14.5. The quantitative estimate of drug-likeness (QED) is 0.715. The van der Waals surface area contributed by atoms with Crippen molar-refractivity contribution in [3.05, 3.63) is 29.3 Å². The number of hydrogen-bond donors (Lipinski definition) is 2. The number of urea groups is 1. The Morgan fingerprint density at radius 1 is 1.16 bits per heavy atom. The van der Waals surface area contributed by atoms with Crippen molar-refractivity contribution in [2.75, 3.05) is 44.2 Å². The average molecular weight is 369 g/mol. The van der Waals surface area contributed by atoms with E-state index < -0.39 is 12.0 Å². The first-order valence-electron chi connectivity index (χ1n) is 7.93. The topological polar surface area (TPSA) is 105 Å². The fourth-order valence-electron chi connectivity index (χ4n) is 2.50. The number of esters is 1. The molecule has 0 spiro atoms. The monoisotopic (exact) mass is 368 g/mol. The number of para-hydroxylation sites is 1. The van der Waals surface area contributed by atoms with E-state index >= 15 is 0 Å². The minimum absolute atomic E-state index is 0.0312. The van der Waals surface area contributed by atoms with Crippen molar-refractivity contribution >= 4 is 35.2 Å². The van der Waals surface area contributed by atoms with E-state index in [4.69, 9.17) is 22.1 Å². The first kappa shape index (κ1) is 18.9. The van der Waals surface area contributed by atoms with Crippen LogP contribution in [0, 0.1) is 0 Å². The molecule has 1 aromatic rings. The van der Waals surface area contributed by atoms with E-state index in [0.29, 0.717) is 31.2 Å². The summed E-state index contributed by atoms with van der Waals surface area (Å²) in [5, 5.41) is 2.96. The molecule has 0 aromatic heterocycles. The van der Waals surface area contributed by atoms with Crippen LogP contribution in [0.15, 0.2) is 24.3 Å². The second-order valence-electron chi connectivity index (χ2n) is 5.52. The molecule has 0 radical (unpaired) electrons. The third kappa shape index (κ3) is 5.82. The fourth-order valence-corrected chi connectivity index (χ4v) is 2.75. The summed E-state index contributed by atoms with van der Waals surface area (Å²) in [5.74, 6) is -0.799. The van der Waals surface area contributed by atoms with Gasteiger partial charge in [0.05, 0.1) is 17.1 Å². The molecule has 3 N–H and O–H groups in total. The molecule has 8 nitrogen and oxygen atoms in total. The molecule has 1 aromatic carbocycles. The highest BCUT2D eigenvalue weighted by molar-refractivity contribution is 6.33. The number of nitrogens with zero attached hydrogens (tertiary/aromatic N) is 2. The van der Waals surface area contributed by atoms with Crippen LogP contribution in [0.25, 0.3) is 0 Å². The van der Waals surface area contributed by atoms with Crippen LogP contribution < -0.4 is 16.0 Å². The van der Waals surface area contributed by atoms with Gasteiger partial charge in [0.1, 0.15) is 0 Å². The lowest BCUT2D eigenvalue weighted by Gasteiger charge is -2.36. The van der Waals surface area contributed by atoms with Crippen molar-refractivity contribution in [3.8, 4) is 0 Å². The second-order valence-corrected chi connectivity index (χ2v) is 5.93. The summed E-state index contributed by atoms with van der Waals surface area (Å²) in [4.78, 5) is 37.9. The van der Waals surface area contributed by atoms with Crippen LogP contribution in [-0.4, -0.2) is 62.1 Å². The molecule has 1 aliphatic heterocycles. The number of nitrogens with one attached hydrogen (secondary N) is 1. The van der Waals surface area contributed by atoms with Gasteiger partial charge in [-0.2, -0.15) is 0 Å². The summed E-state index contributed by atoms with van der Waals surface area (Å²) in [6.45, 7) is 2.16. The van der Waals surface area contributed by atoms with Gasteiger partial charge in [-0.3, -0.25) is 9.59 Å². The SMILES string of the molecule is NC(=O)NCCC(=O)OCC(=O)N1CCN(c2ccccc2Cl)CC1. The van der Waals surface area contributed by atoms with E-state index in [9.17, 15) is 14.4 Å². The van der Waals surface area contributed by atoms with Crippen molar-refractivity contribution in [2.45, 2.75) is 6.42 Å². The van der Waals surface area contributed by atoms with Gasteiger partial charge in [0.25, 0.3) is 5.91 Å². The number of hydrogen-bond acceptors (Lipinski definition) is 5. The summed E-state index contributed by atoms with van der Waals surface area (Å²) in [6, 6.07) is 6.87. The number of halogens is 1. The molecule has 1 saturated heterocycles. The van der Waals surface area contributed by atoms with Gasteiger partial charge in [-0.25, -0.2) is 4.79 Å². The number of anilines is 1. The van der Waals surface area contributed by atoms with E-state index in [1.807, 2.05) is 24.3 Å². The predicted molar refractivity (Wildman–Crippen MR) is 93.4 cm³/mol. The molecular weight excluding hydrogens is 348 g/mol. The zero-order chi connectivity index (χ0) is 18.2. The number of carbonyl (C=O) groups is 3. The minimum Gasteiger partial charge on any atom is -0.456 e. The molecule has 136 valence electrons. The van der Waals surface area contributed by atoms with Gasteiger partial charge < -0.3 is 25.6 Å². The predicted octanol–water partition coefficient (Wildman–Crippen LogP) is 0.590. The van der Waals surface area contributed by atoms with Gasteiger partial charge in [0.15, 0.2) is 6.61 Å². The van der Waals surface area contributed by atoms with Crippen LogP contribution in [0.4, 0.5) is 10.5 Å². The number of rotatable bonds is 6. The Labute approximate surface area is 150 Å². The van der Waals surface area contributed by atoms with E-state index in [1.54, 1.807) is 4.90 Å². The van der Waals surface area contributed by atoms with Crippen LogP contribution in [0.1, 0.15) is 6.42 Å². The van der Waals surface area contributed by atoms with E-state index in [2.05, 4.69) is 10.2 Å². The van der Waals surface area contributed by atoms with Crippen molar-refractivity contribution in [3.63, 3.8) is 0 Å². The van der Waals surface area contributed by atoms with Gasteiger partial charge >= 0.3 is 12.0 Å². The largest absolute Gasteiger partial charge is 0.456 e. The highest BCUT2D eigenvalue weighted by atomic mass is 35.5. The third-order valence-electron chi connectivity index (χ3n) is 3.81. The zero-order valence-electron chi connectivity index (χ0n) is 13.7. The fraction of sp³-hybridized carbons (Fsp3) is 0.438. The standard InChI is InChI=1S/C16H21ClN4O4/c17-12-3-1-2-4-13(12)20-7-9-21(10-8-20)14(22)11-25-15(23)5-6-19-16(18)24/h1-4H,5-11H2,(H3,18,19,24). The van der Waals surface area contributed by atoms with Crippen LogP contribution in [0.3, 0.4) is 0 Å². The van der Waals surface area contributed by atoms with E-state index in [-0.39, 0.29) is 25.5 Å². The summed E-state index contributed by atoms with van der Waals surface area (Å²) in [7, 11) is 0. The van der Waals surface area contributed by atoms with E-state index in [0.717, 1.165) is 5.69 Å². The number of nitrogens with two attached hydrogens (primary N) is 1. The molecule has 3 amide bonds. The molecular formula is C16H21ClN4O4. The van der Waals surface area contributed by atoms with Crippen molar-refractivity contribution < 1.29 is 19.1 Å². The minimum atomic E-state index is -0.708. The Kier molecular flexibility index (Phi) is 6.88. The molecule has 2 rings (SSSR count). The maximum atomic E-state index is 12.1.